The molecule has 0 fully saturated rings. The third-order valence-corrected chi connectivity index (χ3v) is 2.62. The number of hydrogen-bond acceptors (Lipinski definition) is 3. The summed E-state index contributed by atoms with van der Waals surface area (Å²) >= 11 is 0. The van der Waals surface area contributed by atoms with Crippen LogP contribution in [0.15, 0.2) is 0 Å². The van der Waals surface area contributed by atoms with Crippen molar-refractivity contribution < 1.29 is 56.9 Å². The number of alkyl halides is 10. The Morgan fingerprint density at radius 3 is 1.35 bits per heavy atom. The Morgan fingerprint density at radius 1 is 0.850 bits per heavy atom. The Morgan fingerprint density at radius 2 is 1.15 bits per heavy atom. The summed E-state index contributed by atoms with van der Waals surface area (Å²) in [5.74, 6) is -14.5. The highest BCUT2D eigenvalue weighted by atomic mass is 32.2. The lowest BCUT2D eigenvalue weighted by Crippen LogP contribution is -2.63. The molecule has 0 rings (SSSR count). The van der Waals surface area contributed by atoms with Crippen LogP contribution in [0.5, 0.6) is 0 Å². The van der Waals surface area contributed by atoms with Crippen molar-refractivity contribution in [1.82, 2.24) is 6.15 Å². The van der Waals surface area contributed by atoms with Crippen molar-refractivity contribution in [2.75, 3.05) is 0 Å². The van der Waals surface area contributed by atoms with Gasteiger partial charge in [-0.25, -0.2) is 4.39 Å². The van der Waals surface area contributed by atoms with Gasteiger partial charge >= 0.3 is 33.4 Å². The lowest BCUT2D eigenvalue weighted by molar-refractivity contribution is -0.339. The first kappa shape index (κ1) is 21.5. The molecule has 1 atom stereocenters. The zero-order chi connectivity index (χ0) is 16.1. The van der Waals surface area contributed by atoms with E-state index in [0.717, 1.165) is 0 Å². The van der Waals surface area contributed by atoms with Gasteiger partial charge < -0.3 is 6.15 Å². The van der Waals surface area contributed by atoms with Gasteiger partial charge in [0.25, 0.3) is 6.17 Å². The maximum absolute atomic E-state index is 12.5. The average Bonchev–Trinajstić information content (AvgIpc) is 2.12. The highest BCUT2D eigenvalue weighted by molar-refractivity contribution is 7.87. The molecule has 0 spiro atoms. The molecule has 0 bridgehead atoms. The molecule has 0 aromatic heterocycles. The fourth-order valence-electron chi connectivity index (χ4n) is 0.721. The van der Waals surface area contributed by atoms with E-state index in [9.17, 15) is 52.3 Å². The first-order valence-electron chi connectivity index (χ1n) is 3.72. The van der Waals surface area contributed by atoms with Gasteiger partial charge in [-0.3, -0.25) is 4.55 Å². The summed E-state index contributed by atoms with van der Waals surface area (Å²) in [6, 6.07) is 0. The third kappa shape index (κ3) is 3.08. The van der Waals surface area contributed by atoms with Crippen LogP contribution in [0.3, 0.4) is 0 Å². The molecule has 0 aromatic rings. The molecule has 1 unspecified atom stereocenters. The Hall–Kier alpha value is -0.830. The van der Waals surface area contributed by atoms with Gasteiger partial charge in [0.05, 0.1) is 0 Å². The minimum Gasteiger partial charge on any atom is -0.344 e. The zero-order valence-electron chi connectivity index (χ0n) is 8.74. The number of rotatable bonds is 4. The van der Waals surface area contributed by atoms with Crippen molar-refractivity contribution >= 4 is 10.1 Å². The molecule has 0 radical (unpaired) electrons. The summed E-state index contributed by atoms with van der Waals surface area (Å²) in [6.45, 7) is 0. The number of halogens is 10. The molecule has 0 aliphatic heterocycles. The van der Waals surface area contributed by atoms with Crippen LogP contribution in [-0.4, -0.2) is 42.4 Å². The Labute approximate surface area is 104 Å². The molecule has 0 aliphatic carbocycles. The molecule has 0 amide bonds. The largest absolute Gasteiger partial charge is 0.438 e. The molecule has 0 aliphatic rings. The Kier molecular flexibility index (Phi) is 5.56. The maximum Gasteiger partial charge on any atom is 0.438 e. The minimum absolute atomic E-state index is 0. The van der Waals surface area contributed by atoms with E-state index >= 15 is 0 Å². The second-order valence-electron chi connectivity index (χ2n) is 3.09. The second-order valence-corrected chi connectivity index (χ2v) is 4.56. The summed E-state index contributed by atoms with van der Waals surface area (Å²) in [4.78, 5) is 0. The molecule has 4 nitrogen and oxygen atoms in total. The van der Waals surface area contributed by atoms with Crippen LogP contribution in [0.2, 0.25) is 0 Å². The van der Waals surface area contributed by atoms with Crippen molar-refractivity contribution in [3.8, 4) is 0 Å². The molecular weight excluding hydrogens is 344 g/mol. The SMILES string of the molecule is N.O=S(=O)(O)C(F)(F)C(F)(F)C(F)(F)C(F)C(F)(F)F. The Bertz CT molecular complexity index is 442. The third-order valence-electron chi connectivity index (χ3n) is 1.71. The first-order chi connectivity index (χ1) is 7.90. The minimum atomic E-state index is -7.34. The molecule has 4 N–H and O–H groups in total. The van der Waals surface area contributed by atoms with E-state index in [-0.39, 0.29) is 6.15 Å². The van der Waals surface area contributed by atoms with Crippen LogP contribution >= 0.6 is 0 Å². The van der Waals surface area contributed by atoms with Gasteiger partial charge in [0.1, 0.15) is 0 Å². The first-order valence-corrected chi connectivity index (χ1v) is 5.16. The quantitative estimate of drug-likeness (QED) is 0.603. The topological polar surface area (TPSA) is 89.4 Å². The van der Waals surface area contributed by atoms with Crippen LogP contribution in [0, 0.1) is 0 Å². The lowest BCUT2D eigenvalue weighted by atomic mass is 10.1. The van der Waals surface area contributed by atoms with Crippen molar-refractivity contribution in [3.63, 3.8) is 0 Å². The molecule has 0 saturated carbocycles. The smallest absolute Gasteiger partial charge is 0.344 e. The highest BCUT2D eigenvalue weighted by Crippen LogP contribution is 2.52. The predicted octanol–water partition coefficient (Wildman–Crippen LogP) is 2.80. The van der Waals surface area contributed by atoms with Crippen LogP contribution in [0.4, 0.5) is 43.9 Å². The van der Waals surface area contributed by atoms with Crippen molar-refractivity contribution in [2.45, 2.75) is 29.4 Å². The van der Waals surface area contributed by atoms with E-state index in [1.165, 1.54) is 0 Å². The summed E-state index contributed by atoms with van der Waals surface area (Å²) in [5, 5.41) is -7.03. The van der Waals surface area contributed by atoms with Gasteiger partial charge in [0, 0.05) is 0 Å². The monoisotopic (exact) mass is 349 g/mol. The normalized spacial score (nSPS) is 16.6. The Balaban J connectivity index is 0. The van der Waals surface area contributed by atoms with E-state index in [4.69, 9.17) is 4.55 Å². The molecular formula is C5H5F10NO3S. The van der Waals surface area contributed by atoms with Crippen molar-refractivity contribution in [1.29, 1.82) is 0 Å². The highest BCUT2D eigenvalue weighted by Gasteiger charge is 2.82. The van der Waals surface area contributed by atoms with Crippen LogP contribution < -0.4 is 6.15 Å². The maximum atomic E-state index is 12.5. The molecule has 15 heteroatoms. The van der Waals surface area contributed by atoms with Crippen LogP contribution in [0.25, 0.3) is 0 Å². The van der Waals surface area contributed by atoms with Gasteiger partial charge in [-0.15, -0.1) is 0 Å². The fourth-order valence-corrected chi connectivity index (χ4v) is 1.18. The van der Waals surface area contributed by atoms with E-state index in [1.54, 1.807) is 0 Å². The van der Waals surface area contributed by atoms with Crippen LogP contribution in [-0.2, 0) is 10.1 Å². The van der Waals surface area contributed by atoms with Crippen LogP contribution in [0.1, 0.15) is 0 Å². The van der Waals surface area contributed by atoms with Gasteiger partial charge in [-0.05, 0) is 0 Å². The lowest BCUT2D eigenvalue weighted by Gasteiger charge is -2.33. The van der Waals surface area contributed by atoms with Gasteiger partial charge in [-0.2, -0.15) is 47.9 Å². The summed E-state index contributed by atoms with van der Waals surface area (Å²) < 4.78 is 148. The van der Waals surface area contributed by atoms with Gasteiger partial charge in [0.15, 0.2) is 0 Å². The summed E-state index contributed by atoms with van der Waals surface area (Å²) in [5.41, 5.74) is 0. The van der Waals surface area contributed by atoms with Crippen molar-refractivity contribution in [3.05, 3.63) is 0 Å². The fraction of sp³-hybridized carbons (Fsp3) is 1.00. The van der Waals surface area contributed by atoms with E-state index in [1.807, 2.05) is 0 Å². The molecule has 0 heterocycles. The second kappa shape index (κ2) is 5.18. The van der Waals surface area contributed by atoms with E-state index in [0.29, 0.717) is 0 Å². The summed E-state index contributed by atoms with van der Waals surface area (Å²) in [6.07, 6.45) is -12.4. The molecule has 20 heavy (non-hydrogen) atoms. The predicted molar refractivity (Wildman–Crippen MR) is 42.4 cm³/mol. The standard InChI is InChI=1S/C5H2F10O3S.H3N/c6-1(3(9,10)11)2(7,8)4(12,13)5(14,15)19(16,17)18;/h1H,(H,16,17,18);1H3. The molecule has 0 saturated heterocycles. The van der Waals surface area contributed by atoms with E-state index < -0.39 is 39.6 Å². The van der Waals surface area contributed by atoms with Gasteiger partial charge in [-0.1, -0.05) is 0 Å². The average molecular weight is 349 g/mol. The zero-order valence-corrected chi connectivity index (χ0v) is 9.55. The van der Waals surface area contributed by atoms with Gasteiger partial charge in [0.2, 0.25) is 0 Å². The number of hydrogen-bond donors (Lipinski definition) is 2. The van der Waals surface area contributed by atoms with Crippen molar-refractivity contribution in [2.24, 2.45) is 0 Å². The molecule has 124 valence electrons. The molecule has 0 aromatic carbocycles. The van der Waals surface area contributed by atoms with E-state index in [2.05, 4.69) is 0 Å². The summed E-state index contributed by atoms with van der Waals surface area (Å²) in [7, 11) is -7.22.